The molecule has 1 N–H and O–H groups in total. The number of carbonyl (C=O) groups excluding carboxylic acids is 1. The van der Waals surface area contributed by atoms with Crippen LogP contribution in [0.25, 0.3) is 0 Å². The highest BCUT2D eigenvalue weighted by atomic mass is 35.5. The van der Waals surface area contributed by atoms with Crippen molar-refractivity contribution in [2.75, 3.05) is 32.8 Å². The van der Waals surface area contributed by atoms with E-state index in [1.54, 1.807) is 0 Å². The molecule has 2 aliphatic rings. The molecule has 3 rings (SSSR count). The molecule has 0 unspecified atom stereocenters. The molecule has 0 radical (unpaired) electrons. The Morgan fingerprint density at radius 3 is 2.42 bits per heavy atom. The largest absolute Gasteiger partial charge is 0.396 e. The summed E-state index contributed by atoms with van der Waals surface area (Å²) in [5.41, 5.74) is 1.34. The number of aliphatic hydroxyl groups excluding tert-OH is 1. The van der Waals surface area contributed by atoms with Gasteiger partial charge in [-0.15, -0.1) is 0 Å². The molecule has 5 heteroatoms. The minimum atomic E-state index is 0.191. The molecule has 0 atom stereocenters. The van der Waals surface area contributed by atoms with Crippen LogP contribution < -0.4 is 0 Å². The number of halogens is 1. The topological polar surface area (TPSA) is 43.8 Å². The monoisotopic (exact) mass is 378 g/mol. The summed E-state index contributed by atoms with van der Waals surface area (Å²) in [6, 6.07) is 7.82. The molecule has 2 fully saturated rings. The second kappa shape index (κ2) is 9.20. The lowest BCUT2D eigenvalue weighted by Crippen LogP contribution is -2.41. The molecule has 26 heavy (non-hydrogen) atoms. The van der Waals surface area contributed by atoms with Crippen LogP contribution in [-0.4, -0.2) is 53.6 Å². The Morgan fingerprint density at radius 1 is 1.04 bits per heavy atom. The molecule has 4 nitrogen and oxygen atoms in total. The van der Waals surface area contributed by atoms with E-state index in [4.69, 9.17) is 16.7 Å². The molecule has 2 heterocycles. The van der Waals surface area contributed by atoms with Crippen molar-refractivity contribution < 1.29 is 9.90 Å². The first kappa shape index (κ1) is 19.7. The van der Waals surface area contributed by atoms with E-state index in [0.717, 1.165) is 62.4 Å². The molecule has 144 valence electrons. The normalized spacial score (nSPS) is 20.2. The summed E-state index contributed by atoms with van der Waals surface area (Å²) >= 11 is 5.95. The summed E-state index contributed by atoms with van der Waals surface area (Å²) in [6.07, 6.45) is 7.45. The number of unbranched alkanes of at least 4 members (excludes halogenated alkanes) is 3. The highest BCUT2D eigenvalue weighted by molar-refractivity contribution is 6.30. The van der Waals surface area contributed by atoms with Gasteiger partial charge < -0.3 is 14.9 Å². The zero-order valence-electron chi connectivity index (χ0n) is 15.6. The minimum absolute atomic E-state index is 0.191. The first-order chi connectivity index (χ1) is 12.6. The number of aliphatic hydroxyl groups is 1. The van der Waals surface area contributed by atoms with Gasteiger partial charge in [0.2, 0.25) is 5.91 Å². The van der Waals surface area contributed by atoms with Gasteiger partial charge in [0.05, 0.1) is 0 Å². The summed E-state index contributed by atoms with van der Waals surface area (Å²) in [6.45, 7) is 5.30. The van der Waals surface area contributed by atoms with E-state index in [0.29, 0.717) is 25.5 Å². The highest BCUT2D eigenvalue weighted by Crippen LogP contribution is 2.41. The second-order valence-corrected chi connectivity index (χ2v) is 8.47. The smallest absolute Gasteiger partial charge is 0.223 e. The van der Waals surface area contributed by atoms with Gasteiger partial charge in [0.15, 0.2) is 0 Å². The number of amides is 1. The first-order valence-corrected chi connectivity index (χ1v) is 10.3. The Morgan fingerprint density at radius 2 is 1.73 bits per heavy atom. The predicted octanol–water partition coefficient (Wildman–Crippen LogP) is 3.71. The van der Waals surface area contributed by atoms with Crippen molar-refractivity contribution in [3.63, 3.8) is 0 Å². The average Bonchev–Trinajstić information content (AvgIpc) is 2.93. The number of rotatable bonds is 8. The Kier molecular flexibility index (Phi) is 6.96. The van der Waals surface area contributed by atoms with Crippen LogP contribution in [0.5, 0.6) is 0 Å². The summed E-state index contributed by atoms with van der Waals surface area (Å²) in [5, 5.41) is 9.57. The number of hydrogen-bond donors (Lipinski definition) is 1. The molecule has 1 aromatic carbocycles. The Balaban J connectivity index is 1.44. The second-order valence-electron chi connectivity index (χ2n) is 8.03. The van der Waals surface area contributed by atoms with Gasteiger partial charge in [-0.3, -0.25) is 4.79 Å². The lowest BCUT2D eigenvalue weighted by Gasteiger charge is -2.38. The van der Waals surface area contributed by atoms with Crippen molar-refractivity contribution in [2.24, 2.45) is 5.41 Å². The van der Waals surface area contributed by atoms with Crippen LogP contribution in [0.4, 0.5) is 0 Å². The van der Waals surface area contributed by atoms with E-state index >= 15 is 0 Å². The van der Waals surface area contributed by atoms with Crippen LogP contribution in [0.1, 0.15) is 50.5 Å². The zero-order valence-corrected chi connectivity index (χ0v) is 16.4. The van der Waals surface area contributed by atoms with Gasteiger partial charge in [0.1, 0.15) is 0 Å². The first-order valence-electron chi connectivity index (χ1n) is 9.96. The SMILES string of the molecule is O=C1CC2(CCN(CCCCCCO)CC2)CN1Cc1ccc(Cl)cc1. The molecule has 0 saturated carbocycles. The van der Waals surface area contributed by atoms with Gasteiger partial charge in [-0.25, -0.2) is 0 Å². The van der Waals surface area contributed by atoms with Gasteiger partial charge >= 0.3 is 0 Å². The summed E-state index contributed by atoms with van der Waals surface area (Å²) < 4.78 is 0. The van der Waals surface area contributed by atoms with Crippen LogP contribution in [0, 0.1) is 5.41 Å². The molecular weight excluding hydrogens is 348 g/mol. The number of benzene rings is 1. The molecule has 2 aliphatic heterocycles. The predicted molar refractivity (Wildman–Crippen MR) is 105 cm³/mol. The molecule has 1 spiro atoms. The quantitative estimate of drug-likeness (QED) is 0.701. The van der Waals surface area contributed by atoms with Crippen LogP contribution >= 0.6 is 11.6 Å². The van der Waals surface area contributed by atoms with Crippen molar-refractivity contribution in [1.29, 1.82) is 0 Å². The lowest BCUT2D eigenvalue weighted by molar-refractivity contribution is -0.128. The van der Waals surface area contributed by atoms with Crippen molar-refractivity contribution in [2.45, 2.75) is 51.5 Å². The Hall–Kier alpha value is -1.10. The third-order valence-electron chi connectivity index (χ3n) is 5.99. The maximum atomic E-state index is 12.5. The summed E-state index contributed by atoms with van der Waals surface area (Å²) in [4.78, 5) is 17.1. The van der Waals surface area contributed by atoms with Crippen molar-refractivity contribution >= 4 is 17.5 Å². The number of piperidine rings is 1. The Labute approximate surface area is 162 Å². The number of likely N-dealkylation sites (tertiary alicyclic amines) is 2. The van der Waals surface area contributed by atoms with Crippen molar-refractivity contribution in [3.8, 4) is 0 Å². The van der Waals surface area contributed by atoms with Gasteiger partial charge in [0, 0.05) is 31.1 Å². The standard InChI is InChI=1S/C21H31ClN2O2/c22-19-7-5-18(6-8-19)16-24-17-21(15-20(24)26)9-12-23(13-10-21)11-3-1-2-4-14-25/h5-8,25H,1-4,9-17H2. The van der Waals surface area contributed by atoms with Crippen molar-refractivity contribution in [1.82, 2.24) is 9.80 Å². The molecule has 0 aromatic heterocycles. The van der Waals surface area contributed by atoms with Crippen LogP contribution in [0.2, 0.25) is 5.02 Å². The van der Waals surface area contributed by atoms with E-state index in [1.165, 1.54) is 12.8 Å². The van der Waals surface area contributed by atoms with E-state index < -0.39 is 0 Å². The van der Waals surface area contributed by atoms with Crippen molar-refractivity contribution in [3.05, 3.63) is 34.9 Å². The number of carbonyl (C=O) groups is 1. The van der Waals surface area contributed by atoms with E-state index in [9.17, 15) is 4.79 Å². The number of nitrogens with zero attached hydrogens (tertiary/aromatic N) is 2. The van der Waals surface area contributed by atoms with Gasteiger partial charge in [-0.2, -0.15) is 0 Å². The van der Waals surface area contributed by atoms with Gasteiger partial charge in [-0.05, 0) is 68.4 Å². The summed E-state index contributed by atoms with van der Waals surface area (Å²) in [5.74, 6) is 0.303. The van der Waals surface area contributed by atoms with Gasteiger partial charge in [-0.1, -0.05) is 36.6 Å². The molecule has 2 saturated heterocycles. The lowest BCUT2D eigenvalue weighted by atomic mass is 9.77. The van der Waals surface area contributed by atoms with E-state index in [2.05, 4.69) is 4.90 Å². The molecule has 1 aromatic rings. The maximum absolute atomic E-state index is 12.5. The third-order valence-corrected chi connectivity index (χ3v) is 6.24. The van der Waals surface area contributed by atoms with Crippen LogP contribution in [-0.2, 0) is 11.3 Å². The van der Waals surface area contributed by atoms with Crippen LogP contribution in [0.3, 0.4) is 0 Å². The molecule has 1 amide bonds. The highest BCUT2D eigenvalue weighted by Gasteiger charge is 2.44. The fourth-order valence-electron chi connectivity index (χ4n) is 4.32. The Bertz CT molecular complexity index is 582. The van der Waals surface area contributed by atoms with Gasteiger partial charge in [0.25, 0.3) is 0 Å². The maximum Gasteiger partial charge on any atom is 0.223 e. The fourth-order valence-corrected chi connectivity index (χ4v) is 4.45. The third kappa shape index (κ3) is 5.21. The summed E-state index contributed by atoms with van der Waals surface area (Å²) in [7, 11) is 0. The fraction of sp³-hybridized carbons (Fsp3) is 0.667. The molecule has 0 bridgehead atoms. The zero-order chi connectivity index (χ0) is 18.4. The molecule has 0 aliphatic carbocycles. The number of hydrogen-bond acceptors (Lipinski definition) is 3. The average molecular weight is 379 g/mol. The van der Waals surface area contributed by atoms with Crippen LogP contribution in [0.15, 0.2) is 24.3 Å². The van der Waals surface area contributed by atoms with E-state index in [-0.39, 0.29) is 5.41 Å². The minimum Gasteiger partial charge on any atom is -0.396 e. The molecular formula is C21H31ClN2O2. The van der Waals surface area contributed by atoms with E-state index in [1.807, 2.05) is 29.2 Å².